The van der Waals surface area contributed by atoms with Crippen LogP contribution in [-0.2, 0) is 9.59 Å². The minimum Gasteiger partial charge on any atom is -0.481 e. The van der Waals surface area contributed by atoms with Crippen molar-refractivity contribution in [1.29, 1.82) is 0 Å². The molecule has 6 nitrogen and oxygen atoms in total. The first-order valence-corrected chi connectivity index (χ1v) is 9.48. The molecule has 0 saturated carbocycles. The summed E-state index contributed by atoms with van der Waals surface area (Å²) in [4.78, 5) is 39.4. The molecule has 1 N–H and O–H groups in total. The van der Waals surface area contributed by atoms with Crippen LogP contribution in [0.5, 0.6) is 0 Å². The molecule has 0 bridgehead atoms. The fraction of sp³-hybridized carbons (Fsp3) is 0.526. The molecule has 3 rings (SSSR count). The van der Waals surface area contributed by atoms with Gasteiger partial charge in [-0.05, 0) is 50.3 Å². The highest BCUT2D eigenvalue weighted by atomic mass is 35.5. The summed E-state index contributed by atoms with van der Waals surface area (Å²) in [7, 11) is 0. The van der Waals surface area contributed by atoms with Crippen molar-refractivity contribution in [2.24, 2.45) is 0 Å². The van der Waals surface area contributed by atoms with E-state index in [1.807, 2.05) is 0 Å². The lowest BCUT2D eigenvalue weighted by Gasteiger charge is -2.36. The summed E-state index contributed by atoms with van der Waals surface area (Å²) >= 11 is 6.28. The molecule has 2 amide bonds. The number of amides is 2. The number of carbonyl (C=O) groups excluding carboxylic acids is 2. The molecule has 7 heteroatoms. The summed E-state index contributed by atoms with van der Waals surface area (Å²) in [5.74, 6) is -0.975. The van der Waals surface area contributed by atoms with Crippen LogP contribution in [0.4, 0.5) is 5.69 Å². The van der Waals surface area contributed by atoms with Gasteiger partial charge in [0.25, 0.3) is 5.91 Å². The number of rotatable bonds is 5. The van der Waals surface area contributed by atoms with E-state index in [1.54, 1.807) is 28.0 Å². The van der Waals surface area contributed by atoms with Gasteiger partial charge in [0.2, 0.25) is 5.91 Å². The molecule has 2 aliphatic rings. The van der Waals surface area contributed by atoms with E-state index in [0.717, 1.165) is 25.7 Å². The quantitative estimate of drug-likeness (QED) is 0.852. The zero-order chi connectivity index (χ0) is 18.7. The largest absolute Gasteiger partial charge is 0.481 e. The first-order valence-electron chi connectivity index (χ1n) is 9.10. The predicted molar refractivity (Wildman–Crippen MR) is 98.6 cm³/mol. The van der Waals surface area contributed by atoms with Gasteiger partial charge < -0.3 is 14.9 Å². The molecule has 0 spiro atoms. The number of anilines is 1. The Morgan fingerprint density at radius 2 is 2.00 bits per heavy atom. The van der Waals surface area contributed by atoms with Crippen molar-refractivity contribution in [3.63, 3.8) is 0 Å². The summed E-state index contributed by atoms with van der Waals surface area (Å²) in [6, 6.07) is 5.03. The van der Waals surface area contributed by atoms with E-state index >= 15 is 0 Å². The van der Waals surface area contributed by atoms with Crippen LogP contribution in [0.1, 0.15) is 55.3 Å². The number of carbonyl (C=O) groups is 3. The monoisotopic (exact) mass is 378 g/mol. The van der Waals surface area contributed by atoms with Gasteiger partial charge in [0.1, 0.15) is 0 Å². The van der Waals surface area contributed by atoms with Crippen molar-refractivity contribution >= 4 is 35.1 Å². The molecule has 26 heavy (non-hydrogen) atoms. The molecular formula is C19H23ClN2O4. The van der Waals surface area contributed by atoms with Crippen LogP contribution < -0.4 is 4.90 Å². The molecule has 0 radical (unpaired) electrons. The fourth-order valence-electron chi connectivity index (χ4n) is 3.78. The van der Waals surface area contributed by atoms with Gasteiger partial charge >= 0.3 is 5.97 Å². The van der Waals surface area contributed by atoms with Crippen LogP contribution in [-0.4, -0.2) is 46.9 Å². The number of hydrogen-bond acceptors (Lipinski definition) is 3. The van der Waals surface area contributed by atoms with Crippen molar-refractivity contribution in [2.45, 2.75) is 51.0 Å². The maximum atomic E-state index is 13.1. The standard InChI is InChI=1S/C19H23ClN2O4/c20-16-8-6-14(21-11-3-5-17(21)23)12-15(16)19(26)22-10-2-1-4-13(22)7-9-18(24)25/h6,8,12-13H,1-5,7,9-11H2,(H,24,25). The van der Waals surface area contributed by atoms with Gasteiger partial charge in [-0.3, -0.25) is 14.4 Å². The molecule has 140 valence electrons. The van der Waals surface area contributed by atoms with Crippen molar-refractivity contribution < 1.29 is 19.5 Å². The molecule has 1 aromatic rings. The van der Waals surface area contributed by atoms with Crippen molar-refractivity contribution in [2.75, 3.05) is 18.0 Å². The van der Waals surface area contributed by atoms with Crippen LogP contribution in [0.3, 0.4) is 0 Å². The zero-order valence-corrected chi connectivity index (χ0v) is 15.4. The Kier molecular flexibility index (Phi) is 5.81. The molecular weight excluding hydrogens is 356 g/mol. The minimum absolute atomic E-state index is 0.0461. The number of piperidine rings is 1. The van der Waals surface area contributed by atoms with E-state index < -0.39 is 5.97 Å². The highest BCUT2D eigenvalue weighted by Crippen LogP contribution is 2.30. The molecule has 2 saturated heterocycles. The number of carboxylic acids is 1. The zero-order valence-electron chi connectivity index (χ0n) is 14.6. The predicted octanol–water partition coefficient (Wildman–Crippen LogP) is 3.33. The second-order valence-corrected chi connectivity index (χ2v) is 7.30. The SMILES string of the molecule is O=C(O)CCC1CCCCN1C(=O)c1cc(N2CCCC2=O)ccc1Cl. The third kappa shape index (κ3) is 4.01. The van der Waals surface area contributed by atoms with Crippen molar-refractivity contribution in [1.82, 2.24) is 4.90 Å². The molecule has 1 aromatic carbocycles. The number of benzene rings is 1. The number of likely N-dealkylation sites (tertiary alicyclic amines) is 1. The average molecular weight is 379 g/mol. The summed E-state index contributed by atoms with van der Waals surface area (Å²) in [5.41, 5.74) is 1.07. The molecule has 2 heterocycles. The number of nitrogens with zero attached hydrogens (tertiary/aromatic N) is 2. The van der Waals surface area contributed by atoms with Gasteiger partial charge in [-0.25, -0.2) is 0 Å². The summed E-state index contributed by atoms with van der Waals surface area (Å²) in [6.07, 6.45) is 4.53. The summed E-state index contributed by atoms with van der Waals surface area (Å²) in [6.45, 7) is 1.26. The van der Waals surface area contributed by atoms with Gasteiger partial charge in [0.15, 0.2) is 0 Å². The van der Waals surface area contributed by atoms with Gasteiger partial charge in [-0.15, -0.1) is 0 Å². The Morgan fingerprint density at radius 3 is 2.69 bits per heavy atom. The van der Waals surface area contributed by atoms with E-state index in [1.165, 1.54) is 0 Å². The van der Waals surface area contributed by atoms with Crippen molar-refractivity contribution in [3.8, 4) is 0 Å². The lowest BCUT2D eigenvalue weighted by Crippen LogP contribution is -2.44. The Hall–Kier alpha value is -2.08. The van der Waals surface area contributed by atoms with E-state index in [4.69, 9.17) is 16.7 Å². The van der Waals surface area contributed by atoms with Crippen LogP contribution in [0.2, 0.25) is 5.02 Å². The molecule has 1 atom stereocenters. The number of halogens is 1. The average Bonchev–Trinajstić information content (AvgIpc) is 3.06. The normalized spacial score (nSPS) is 20.5. The Morgan fingerprint density at radius 1 is 1.19 bits per heavy atom. The third-order valence-corrected chi connectivity index (χ3v) is 5.47. The lowest BCUT2D eigenvalue weighted by molar-refractivity contribution is -0.137. The molecule has 0 aromatic heterocycles. The maximum absolute atomic E-state index is 13.1. The molecule has 2 aliphatic heterocycles. The molecule has 0 aliphatic carbocycles. The van der Waals surface area contributed by atoms with E-state index in [0.29, 0.717) is 42.2 Å². The van der Waals surface area contributed by atoms with Crippen LogP contribution in [0.15, 0.2) is 18.2 Å². The number of hydrogen-bond donors (Lipinski definition) is 1. The van der Waals surface area contributed by atoms with Gasteiger partial charge in [0.05, 0.1) is 10.6 Å². The van der Waals surface area contributed by atoms with Crippen LogP contribution in [0.25, 0.3) is 0 Å². The molecule has 2 fully saturated rings. The topological polar surface area (TPSA) is 77.9 Å². The smallest absolute Gasteiger partial charge is 0.303 e. The highest BCUT2D eigenvalue weighted by molar-refractivity contribution is 6.34. The van der Waals surface area contributed by atoms with Gasteiger partial charge in [-0.1, -0.05) is 11.6 Å². The number of aliphatic carboxylic acids is 1. The Balaban J connectivity index is 1.83. The Labute approximate surface area is 157 Å². The highest BCUT2D eigenvalue weighted by Gasteiger charge is 2.30. The lowest BCUT2D eigenvalue weighted by atomic mass is 9.96. The second kappa shape index (κ2) is 8.08. The third-order valence-electron chi connectivity index (χ3n) is 5.14. The van der Waals surface area contributed by atoms with E-state index in [2.05, 4.69) is 0 Å². The first-order chi connectivity index (χ1) is 12.5. The minimum atomic E-state index is -0.851. The van der Waals surface area contributed by atoms with E-state index in [9.17, 15) is 14.4 Å². The van der Waals surface area contributed by atoms with Crippen LogP contribution in [0, 0.1) is 0 Å². The first kappa shape index (κ1) is 18.7. The van der Waals surface area contributed by atoms with Crippen LogP contribution >= 0.6 is 11.6 Å². The summed E-state index contributed by atoms with van der Waals surface area (Å²) in [5, 5.41) is 9.31. The van der Waals surface area contributed by atoms with E-state index in [-0.39, 0.29) is 24.3 Å². The second-order valence-electron chi connectivity index (χ2n) is 6.89. The Bertz CT molecular complexity index is 721. The fourth-order valence-corrected chi connectivity index (χ4v) is 3.98. The maximum Gasteiger partial charge on any atom is 0.303 e. The molecule has 1 unspecified atom stereocenters. The number of carboxylic acid groups (broad SMARTS) is 1. The summed E-state index contributed by atoms with van der Waals surface area (Å²) < 4.78 is 0. The van der Waals surface area contributed by atoms with Crippen molar-refractivity contribution in [3.05, 3.63) is 28.8 Å². The van der Waals surface area contributed by atoms with Gasteiger partial charge in [-0.2, -0.15) is 0 Å². The van der Waals surface area contributed by atoms with Gasteiger partial charge in [0, 0.05) is 37.7 Å².